The normalized spacial score (nSPS) is 26.6. The van der Waals surface area contributed by atoms with Crippen LogP contribution in [0.25, 0.3) is 0 Å². The molecular formula is C15H27N3O2. The molecule has 0 aromatic carbocycles. The van der Waals surface area contributed by atoms with Crippen LogP contribution in [-0.4, -0.2) is 35.5 Å². The highest BCUT2D eigenvalue weighted by Crippen LogP contribution is 2.50. The molecule has 1 aliphatic heterocycles. The summed E-state index contributed by atoms with van der Waals surface area (Å²) >= 11 is 0. The van der Waals surface area contributed by atoms with E-state index in [9.17, 15) is 9.59 Å². The number of nitrogens with zero attached hydrogens (tertiary/aromatic N) is 1. The molecule has 1 heterocycles. The van der Waals surface area contributed by atoms with E-state index in [0.29, 0.717) is 12.0 Å². The summed E-state index contributed by atoms with van der Waals surface area (Å²) < 4.78 is 0. The molecule has 3 amide bonds. The van der Waals surface area contributed by atoms with Gasteiger partial charge in [0.25, 0.3) is 0 Å². The molecule has 0 radical (unpaired) electrons. The Labute approximate surface area is 121 Å². The van der Waals surface area contributed by atoms with Gasteiger partial charge in [0, 0.05) is 18.0 Å². The van der Waals surface area contributed by atoms with Crippen molar-refractivity contribution in [3.63, 3.8) is 0 Å². The summed E-state index contributed by atoms with van der Waals surface area (Å²) in [5, 5.41) is 2.62. The van der Waals surface area contributed by atoms with Crippen molar-refractivity contribution in [3.05, 3.63) is 0 Å². The molecule has 0 spiro atoms. The van der Waals surface area contributed by atoms with Gasteiger partial charge < -0.3 is 16.0 Å². The van der Waals surface area contributed by atoms with Crippen LogP contribution < -0.4 is 11.1 Å². The van der Waals surface area contributed by atoms with E-state index < -0.39 is 12.1 Å². The zero-order chi connectivity index (χ0) is 15.3. The third-order valence-electron chi connectivity index (χ3n) is 4.47. The lowest BCUT2D eigenvalue weighted by Gasteiger charge is -2.56. The van der Waals surface area contributed by atoms with Crippen LogP contribution in [0.3, 0.4) is 0 Å². The van der Waals surface area contributed by atoms with Crippen LogP contribution in [0.2, 0.25) is 0 Å². The third kappa shape index (κ3) is 2.76. The number of nitrogens with one attached hydrogen (secondary N) is 1. The SMILES string of the molecule is CC(C)(C)C(NC(N)=O)C(=O)N1CC(C)(C)C1C1CC1. The van der Waals surface area contributed by atoms with E-state index in [-0.39, 0.29) is 16.7 Å². The summed E-state index contributed by atoms with van der Waals surface area (Å²) in [4.78, 5) is 25.9. The molecule has 20 heavy (non-hydrogen) atoms. The minimum absolute atomic E-state index is 0.00697. The second-order valence-corrected chi connectivity index (χ2v) is 8.04. The molecule has 3 N–H and O–H groups in total. The van der Waals surface area contributed by atoms with Crippen molar-refractivity contribution in [2.24, 2.45) is 22.5 Å². The van der Waals surface area contributed by atoms with Crippen molar-refractivity contribution < 1.29 is 9.59 Å². The Hall–Kier alpha value is -1.26. The maximum atomic E-state index is 12.8. The van der Waals surface area contributed by atoms with Gasteiger partial charge in [-0.15, -0.1) is 0 Å². The van der Waals surface area contributed by atoms with E-state index in [1.807, 2.05) is 25.7 Å². The Bertz CT molecular complexity index is 421. The lowest BCUT2D eigenvalue weighted by Crippen LogP contribution is -2.69. The molecule has 5 nitrogen and oxygen atoms in total. The van der Waals surface area contributed by atoms with Crippen molar-refractivity contribution in [1.29, 1.82) is 0 Å². The van der Waals surface area contributed by atoms with Gasteiger partial charge in [-0.2, -0.15) is 0 Å². The predicted octanol–water partition coefficient (Wildman–Crippen LogP) is 1.72. The first-order valence-electron chi connectivity index (χ1n) is 7.40. The lowest BCUT2D eigenvalue weighted by molar-refractivity contribution is -0.158. The number of carbonyl (C=O) groups excluding carboxylic acids is 2. The average Bonchev–Trinajstić information content (AvgIpc) is 3.04. The molecule has 2 fully saturated rings. The van der Waals surface area contributed by atoms with Crippen LogP contribution >= 0.6 is 0 Å². The smallest absolute Gasteiger partial charge is 0.312 e. The number of nitrogens with two attached hydrogens (primary N) is 1. The number of carbonyl (C=O) groups is 2. The number of likely N-dealkylation sites (tertiary alicyclic amines) is 1. The topological polar surface area (TPSA) is 75.4 Å². The van der Waals surface area contributed by atoms with Gasteiger partial charge in [0.15, 0.2) is 0 Å². The maximum Gasteiger partial charge on any atom is 0.312 e. The van der Waals surface area contributed by atoms with Gasteiger partial charge in [0.2, 0.25) is 5.91 Å². The van der Waals surface area contributed by atoms with Crippen molar-refractivity contribution in [3.8, 4) is 0 Å². The van der Waals surface area contributed by atoms with Crippen LogP contribution in [0.4, 0.5) is 4.79 Å². The van der Waals surface area contributed by atoms with Crippen molar-refractivity contribution in [1.82, 2.24) is 10.2 Å². The number of hydrogen-bond acceptors (Lipinski definition) is 2. The molecule has 2 rings (SSSR count). The monoisotopic (exact) mass is 281 g/mol. The number of amides is 3. The van der Waals surface area contributed by atoms with E-state index in [1.54, 1.807) is 0 Å². The quantitative estimate of drug-likeness (QED) is 0.826. The first kappa shape index (κ1) is 15.1. The molecule has 114 valence electrons. The lowest BCUT2D eigenvalue weighted by atomic mass is 9.71. The molecule has 0 aromatic rings. The first-order valence-corrected chi connectivity index (χ1v) is 7.40. The Balaban J connectivity index is 2.14. The molecule has 2 unspecified atom stereocenters. The van der Waals surface area contributed by atoms with E-state index in [2.05, 4.69) is 19.2 Å². The highest BCUT2D eigenvalue weighted by Gasteiger charge is 2.56. The molecule has 1 saturated carbocycles. The molecule has 0 bridgehead atoms. The van der Waals surface area contributed by atoms with Crippen molar-refractivity contribution in [2.75, 3.05) is 6.54 Å². The second kappa shape index (κ2) is 4.64. The van der Waals surface area contributed by atoms with Gasteiger partial charge in [-0.3, -0.25) is 4.79 Å². The summed E-state index contributed by atoms with van der Waals surface area (Å²) in [5.74, 6) is 0.643. The Morgan fingerprint density at radius 1 is 1.30 bits per heavy atom. The molecule has 5 heteroatoms. The molecule has 2 atom stereocenters. The predicted molar refractivity (Wildman–Crippen MR) is 78.0 cm³/mol. The van der Waals surface area contributed by atoms with Crippen LogP contribution in [0.15, 0.2) is 0 Å². The molecular weight excluding hydrogens is 254 g/mol. The molecule has 1 aliphatic carbocycles. The summed E-state index contributed by atoms with van der Waals surface area (Å²) in [6, 6.07) is -0.882. The third-order valence-corrected chi connectivity index (χ3v) is 4.47. The van der Waals surface area contributed by atoms with Gasteiger partial charge >= 0.3 is 6.03 Å². The van der Waals surface area contributed by atoms with Crippen molar-refractivity contribution >= 4 is 11.9 Å². The number of rotatable bonds is 3. The average molecular weight is 281 g/mol. The van der Waals surface area contributed by atoms with E-state index in [0.717, 1.165) is 6.54 Å². The van der Waals surface area contributed by atoms with Crippen LogP contribution in [0.5, 0.6) is 0 Å². The van der Waals surface area contributed by atoms with Crippen LogP contribution in [0.1, 0.15) is 47.5 Å². The fourth-order valence-electron chi connectivity index (χ4n) is 3.42. The minimum Gasteiger partial charge on any atom is -0.352 e. The molecule has 0 aromatic heterocycles. The summed E-state index contributed by atoms with van der Waals surface area (Å²) in [7, 11) is 0. The standard InChI is InChI=1S/C15H27N3O2/c1-14(2,3)10(17-13(16)20)12(19)18-8-15(4,5)11(18)9-6-7-9/h9-11H,6-8H2,1-5H3,(H3,16,17,20). The summed E-state index contributed by atoms with van der Waals surface area (Å²) in [6.07, 6.45) is 2.42. The minimum atomic E-state index is -0.638. The number of primary amides is 1. The zero-order valence-electron chi connectivity index (χ0n) is 13.2. The van der Waals surface area contributed by atoms with Gasteiger partial charge in [0.1, 0.15) is 6.04 Å². The fraction of sp³-hybridized carbons (Fsp3) is 0.867. The van der Waals surface area contributed by atoms with E-state index >= 15 is 0 Å². The van der Waals surface area contributed by atoms with E-state index in [4.69, 9.17) is 5.73 Å². The van der Waals surface area contributed by atoms with Gasteiger partial charge in [0.05, 0.1) is 0 Å². The van der Waals surface area contributed by atoms with E-state index in [1.165, 1.54) is 12.8 Å². The zero-order valence-corrected chi connectivity index (χ0v) is 13.2. The Kier molecular flexibility index (Phi) is 3.51. The van der Waals surface area contributed by atoms with Gasteiger partial charge in [-0.1, -0.05) is 34.6 Å². The second-order valence-electron chi connectivity index (χ2n) is 8.04. The van der Waals surface area contributed by atoms with Crippen LogP contribution in [0, 0.1) is 16.7 Å². The summed E-state index contributed by atoms with van der Waals surface area (Å²) in [5.41, 5.74) is 5.07. The number of hydrogen-bond donors (Lipinski definition) is 2. The van der Waals surface area contributed by atoms with Gasteiger partial charge in [-0.25, -0.2) is 4.79 Å². The Morgan fingerprint density at radius 3 is 2.20 bits per heavy atom. The summed E-state index contributed by atoms with van der Waals surface area (Å²) in [6.45, 7) is 11.0. The number of urea groups is 1. The highest BCUT2D eigenvalue weighted by molar-refractivity contribution is 5.88. The fourth-order valence-corrected chi connectivity index (χ4v) is 3.42. The van der Waals surface area contributed by atoms with Crippen LogP contribution in [-0.2, 0) is 4.79 Å². The largest absolute Gasteiger partial charge is 0.352 e. The van der Waals surface area contributed by atoms with Gasteiger partial charge in [-0.05, 0) is 24.2 Å². The highest BCUT2D eigenvalue weighted by atomic mass is 16.2. The maximum absolute atomic E-state index is 12.8. The molecule has 1 saturated heterocycles. The van der Waals surface area contributed by atoms with Crippen molar-refractivity contribution in [2.45, 2.75) is 59.5 Å². The molecule has 2 aliphatic rings. The Morgan fingerprint density at radius 2 is 1.85 bits per heavy atom. The first-order chi connectivity index (χ1) is 9.04.